The molecule has 0 spiro atoms. The van der Waals surface area contributed by atoms with Crippen molar-refractivity contribution < 1.29 is 14.3 Å². The summed E-state index contributed by atoms with van der Waals surface area (Å²) in [5, 5.41) is 9.44. The van der Waals surface area contributed by atoms with Gasteiger partial charge in [0.15, 0.2) is 0 Å². The average molecular weight is 384 g/mol. The molecule has 1 saturated heterocycles. The van der Waals surface area contributed by atoms with Gasteiger partial charge in [0.05, 0.1) is 6.04 Å². The van der Waals surface area contributed by atoms with Gasteiger partial charge in [0.1, 0.15) is 18.5 Å². The van der Waals surface area contributed by atoms with E-state index in [4.69, 9.17) is 16.3 Å². The molecule has 0 radical (unpaired) electrons. The molecular formula is C19H37N5O3. The standard InChI is InChI=1S/C17H31N5O3.C2H6/c1-11(21-10-23)9-25-17(24)15-7-14-6-12(3-5-16(18)22-19)2-4-13(14)8-20-15;1-2/h10-15,20H,2-9,19H2,1H3,(H2,18,22)(H,21,23);1-2H3. The van der Waals surface area contributed by atoms with Crippen molar-refractivity contribution in [2.24, 2.45) is 34.4 Å². The monoisotopic (exact) mass is 383 g/mol. The number of nitrogens with zero attached hydrogens (tertiary/aromatic N) is 1. The summed E-state index contributed by atoms with van der Waals surface area (Å²) in [6.45, 7) is 6.87. The Morgan fingerprint density at radius 2 is 2.07 bits per heavy atom. The van der Waals surface area contributed by atoms with Crippen LogP contribution >= 0.6 is 0 Å². The third-order valence-corrected chi connectivity index (χ3v) is 5.50. The highest BCUT2D eigenvalue weighted by molar-refractivity contribution is 5.79. The van der Waals surface area contributed by atoms with E-state index >= 15 is 0 Å². The molecule has 6 N–H and O–H groups in total. The van der Waals surface area contributed by atoms with Crippen molar-refractivity contribution in [3.05, 3.63) is 0 Å². The van der Waals surface area contributed by atoms with Gasteiger partial charge >= 0.3 is 5.97 Å². The number of carbonyl (C=O) groups excluding carboxylic acids is 2. The maximum absolute atomic E-state index is 12.3. The van der Waals surface area contributed by atoms with Gasteiger partial charge in [0, 0.05) is 6.42 Å². The molecule has 0 bridgehead atoms. The van der Waals surface area contributed by atoms with Gasteiger partial charge in [-0.1, -0.05) is 20.3 Å². The molecular weight excluding hydrogens is 346 g/mol. The van der Waals surface area contributed by atoms with E-state index in [0.717, 1.165) is 32.2 Å². The van der Waals surface area contributed by atoms with Crippen LogP contribution in [0.25, 0.3) is 0 Å². The summed E-state index contributed by atoms with van der Waals surface area (Å²) in [6.07, 6.45) is 6.69. The lowest BCUT2D eigenvalue weighted by Gasteiger charge is -2.42. The summed E-state index contributed by atoms with van der Waals surface area (Å²) in [7, 11) is 0. The topological polar surface area (TPSA) is 132 Å². The van der Waals surface area contributed by atoms with Crippen molar-refractivity contribution in [3.63, 3.8) is 0 Å². The second-order valence-corrected chi connectivity index (χ2v) is 7.37. The smallest absolute Gasteiger partial charge is 0.323 e. The summed E-state index contributed by atoms with van der Waals surface area (Å²) in [5.41, 5.74) is 5.69. The number of hydrogen-bond donors (Lipinski definition) is 4. The lowest BCUT2D eigenvalue weighted by atomic mass is 9.69. The molecule has 8 heteroatoms. The molecule has 156 valence electrons. The summed E-state index contributed by atoms with van der Waals surface area (Å²) in [4.78, 5) is 22.6. The van der Waals surface area contributed by atoms with Crippen molar-refractivity contribution in [3.8, 4) is 0 Å². The molecule has 2 rings (SSSR count). The predicted octanol–water partition coefficient (Wildman–Crippen LogP) is 1.10. The number of rotatable bonds is 8. The average Bonchev–Trinajstić information content (AvgIpc) is 2.71. The Morgan fingerprint density at radius 1 is 1.33 bits per heavy atom. The van der Waals surface area contributed by atoms with Crippen molar-refractivity contribution in [1.29, 1.82) is 0 Å². The van der Waals surface area contributed by atoms with Gasteiger partial charge in [-0.15, -0.1) is 0 Å². The number of esters is 1. The first-order chi connectivity index (χ1) is 13.0. The minimum absolute atomic E-state index is 0.175. The van der Waals surface area contributed by atoms with E-state index in [1.54, 1.807) is 6.92 Å². The van der Waals surface area contributed by atoms with Gasteiger partial charge in [0.25, 0.3) is 0 Å². The molecule has 0 aromatic rings. The van der Waals surface area contributed by atoms with E-state index in [1.807, 2.05) is 13.8 Å². The number of piperidine rings is 1. The van der Waals surface area contributed by atoms with Crippen molar-refractivity contribution in [2.75, 3.05) is 13.2 Å². The number of fused-ring (bicyclic) bond motifs is 1. The number of carbonyl (C=O) groups is 2. The summed E-state index contributed by atoms with van der Waals surface area (Å²) >= 11 is 0. The molecule has 8 nitrogen and oxygen atoms in total. The molecule has 1 aliphatic carbocycles. The van der Waals surface area contributed by atoms with Crippen LogP contribution in [-0.2, 0) is 14.3 Å². The first-order valence-electron chi connectivity index (χ1n) is 10.1. The molecule has 1 heterocycles. The fraction of sp³-hybridized carbons (Fsp3) is 0.842. The van der Waals surface area contributed by atoms with Gasteiger partial charge in [-0.2, -0.15) is 5.10 Å². The van der Waals surface area contributed by atoms with Crippen molar-refractivity contribution >= 4 is 18.2 Å². The lowest BCUT2D eigenvalue weighted by Crippen LogP contribution is -2.50. The maximum atomic E-state index is 12.3. The number of hydrazone groups is 1. The second-order valence-electron chi connectivity index (χ2n) is 7.37. The number of amides is 1. The molecule has 2 fully saturated rings. The van der Waals surface area contributed by atoms with E-state index in [9.17, 15) is 9.59 Å². The van der Waals surface area contributed by atoms with E-state index in [-0.39, 0.29) is 24.7 Å². The van der Waals surface area contributed by atoms with Gasteiger partial charge < -0.3 is 26.9 Å². The number of amidine groups is 1. The minimum atomic E-state index is -0.251. The van der Waals surface area contributed by atoms with Gasteiger partial charge in [-0.25, -0.2) is 0 Å². The van der Waals surface area contributed by atoms with Crippen LogP contribution in [0.1, 0.15) is 59.3 Å². The Bertz CT molecular complexity index is 486. The Balaban J connectivity index is 0.00000176. The molecule has 5 atom stereocenters. The molecule has 0 aromatic heterocycles. The summed E-state index contributed by atoms with van der Waals surface area (Å²) < 4.78 is 5.33. The van der Waals surface area contributed by atoms with E-state index in [2.05, 4.69) is 15.7 Å². The molecule has 1 aliphatic heterocycles. The zero-order valence-electron chi connectivity index (χ0n) is 16.9. The number of ether oxygens (including phenoxy) is 1. The van der Waals surface area contributed by atoms with Crippen LogP contribution in [0.5, 0.6) is 0 Å². The fourth-order valence-corrected chi connectivity index (χ4v) is 3.99. The SMILES string of the molecule is CC.CC(COC(=O)C1CC2CC(CC/C(N)=N/N)CCC2CN1)NC=O. The van der Waals surface area contributed by atoms with Crippen molar-refractivity contribution in [2.45, 2.75) is 71.4 Å². The Hall–Kier alpha value is -1.83. The molecule has 0 aromatic carbocycles. The minimum Gasteiger partial charge on any atom is -0.462 e. The van der Waals surface area contributed by atoms with Crippen molar-refractivity contribution in [1.82, 2.24) is 10.6 Å². The zero-order valence-corrected chi connectivity index (χ0v) is 16.9. The highest BCUT2D eigenvalue weighted by atomic mass is 16.5. The normalized spacial score (nSPS) is 28.8. The van der Waals surface area contributed by atoms with Gasteiger partial charge in [-0.05, 0) is 56.9 Å². The molecule has 1 saturated carbocycles. The Labute approximate surface area is 162 Å². The van der Waals surface area contributed by atoms with Crippen LogP contribution in [0.15, 0.2) is 5.10 Å². The van der Waals surface area contributed by atoms with Crippen LogP contribution < -0.4 is 22.2 Å². The van der Waals surface area contributed by atoms with Gasteiger partial charge in [-0.3, -0.25) is 9.59 Å². The largest absolute Gasteiger partial charge is 0.462 e. The number of nitrogens with one attached hydrogen (secondary N) is 2. The summed E-state index contributed by atoms with van der Waals surface area (Å²) in [5.74, 6) is 7.27. The zero-order chi connectivity index (χ0) is 20.2. The molecule has 5 unspecified atom stereocenters. The molecule has 27 heavy (non-hydrogen) atoms. The number of hydrogen-bond acceptors (Lipinski definition) is 6. The van der Waals surface area contributed by atoms with Crippen LogP contribution in [-0.4, -0.2) is 43.5 Å². The van der Waals surface area contributed by atoms with Gasteiger partial charge in [0.2, 0.25) is 6.41 Å². The van der Waals surface area contributed by atoms with Crippen LogP contribution in [0, 0.1) is 17.8 Å². The quantitative estimate of drug-likeness (QED) is 0.124. The molecule has 1 amide bonds. The first-order valence-corrected chi connectivity index (χ1v) is 10.1. The second kappa shape index (κ2) is 12.5. The maximum Gasteiger partial charge on any atom is 0.323 e. The Kier molecular flexibility index (Phi) is 10.8. The van der Waals surface area contributed by atoms with E-state index < -0.39 is 0 Å². The highest BCUT2D eigenvalue weighted by Gasteiger charge is 2.38. The lowest BCUT2D eigenvalue weighted by molar-refractivity contribution is -0.148. The fourth-order valence-electron chi connectivity index (χ4n) is 3.99. The summed E-state index contributed by atoms with van der Waals surface area (Å²) in [6, 6.07) is -0.425. The third-order valence-electron chi connectivity index (χ3n) is 5.50. The van der Waals surface area contributed by atoms with E-state index in [0.29, 0.717) is 30.0 Å². The van der Waals surface area contributed by atoms with Crippen LogP contribution in [0.3, 0.4) is 0 Å². The van der Waals surface area contributed by atoms with E-state index in [1.165, 1.54) is 12.8 Å². The first kappa shape index (κ1) is 23.2. The predicted molar refractivity (Wildman–Crippen MR) is 107 cm³/mol. The molecule has 2 aliphatic rings. The highest BCUT2D eigenvalue weighted by Crippen LogP contribution is 2.40. The number of nitrogens with two attached hydrogens (primary N) is 2. The van der Waals surface area contributed by atoms with Crippen LogP contribution in [0.4, 0.5) is 0 Å². The Morgan fingerprint density at radius 3 is 2.74 bits per heavy atom. The third kappa shape index (κ3) is 7.74. The van der Waals surface area contributed by atoms with Crippen LogP contribution in [0.2, 0.25) is 0 Å².